The number of halogens is 2. The average molecular weight is 385 g/mol. The summed E-state index contributed by atoms with van der Waals surface area (Å²) in [7, 11) is 0. The van der Waals surface area contributed by atoms with Crippen LogP contribution in [0.3, 0.4) is 0 Å². The molecule has 0 aliphatic carbocycles. The Bertz CT molecular complexity index is 1000. The van der Waals surface area contributed by atoms with Crippen LogP contribution in [0, 0.1) is 23.0 Å². The lowest BCUT2D eigenvalue weighted by molar-refractivity contribution is -0.133. The van der Waals surface area contributed by atoms with Crippen LogP contribution >= 0.6 is 0 Å². The number of nitrogens with zero attached hydrogens (tertiary/aromatic N) is 2. The molecule has 3 heterocycles. The summed E-state index contributed by atoms with van der Waals surface area (Å²) < 4.78 is 37.8. The van der Waals surface area contributed by atoms with Crippen molar-refractivity contribution in [3.05, 3.63) is 59.8 Å². The first kappa shape index (κ1) is 17.6. The molecule has 2 saturated heterocycles. The van der Waals surface area contributed by atoms with E-state index >= 15 is 0 Å². The number of H-pyrrole nitrogens is 1. The Morgan fingerprint density at radius 2 is 2.07 bits per heavy atom. The Kier molecular flexibility index (Phi) is 4.29. The molecule has 146 valence electrons. The Morgan fingerprint density at radius 3 is 2.86 bits per heavy atom. The molecule has 1 spiro atoms. The molecule has 3 aromatic rings. The number of nitrogens with one attached hydrogen (secondary N) is 1. The molecule has 0 radical (unpaired) electrons. The summed E-state index contributed by atoms with van der Waals surface area (Å²) in [6.07, 6.45) is 1.84. The highest BCUT2D eigenvalue weighted by Gasteiger charge is 2.52. The van der Waals surface area contributed by atoms with Gasteiger partial charge in [0.15, 0.2) is 11.6 Å². The third kappa shape index (κ3) is 3.14. The summed E-state index contributed by atoms with van der Waals surface area (Å²) >= 11 is 0. The summed E-state index contributed by atoms with van der Waals surface area (Å²) in [5.41, 5.74) is 2.36. The number of aromatic nitrogens is 2. The van der Waals surface area contributed by atoms with Gasteiger partial charge in [-0.25, -0.2) is 8.78 Å². The summed E-state index contributed by atoms with van der Waals surface area (Å²) in [5, 5.41) is 8.15. The lowest BCUT2D eigenvalue weighted by Crippen LogP contribution is -2.50. The van der Waals surface area contributed by atoms with E-state index in [9.17, 15) is 8.78 Å². The summed E-state index contributed by atoms with van der Waals surface area (Å²) in [5.74, 6) is -1.11. The zero-order valence-electron chi connectivity index (χ0n) is 15.3. The molecule has 1 atom stereocenters. The van der Waals surface area contributed by atoms with Crippen LogP contribution in [0.4, 0.5) is 8.78 Å². The van der Waals surface area contributed by atoms with E-state index in [1.807, 2.05) is 6.20 Å². The first-order valence-electron chi connectivity index (χ1n) is 9.41. The fourth-order valence-electron chi connectivity index (χ4n) is 4.30. The zero-order valence-corrected chi connectivity index (χ0v) is 15.3. The summed E-state index contributed by atoms with van der Waals surface area (Å²) in [4.78, 5) is 2.42. The van der Waals surface area contributed by atoms with Gasteiger partial charge in [-0.15, -0.1) is 0 Å². The van der Waals surface area contributed by atoms with Gasteiger partial charge in [-0.1, -0.05) is 6.07 Å². The highest BCUT2D eigenvalue weighted by molar-refractivity contribution is 5.78. The van der Waals surface area contributed by atoms with E-state index in [0.29, 0.717) is 12.4 Å². The van der Waals surface area contributed by atoms with Crippen LogP contribution in [-0.4, -0.2) is 48.0 Å². The van der Waals surface area contributed by atoms with Gasteiger partial charge in [0.2, 0.25) is 0 Å². The predicted octanol–water partition coefficient (Wildman–Crippen LogP) is 3.37. The van der Waals surface area contributed by atoms with Crippen LogP contribution in [0.25, 0.3) is 10.9 Å². The van der Waals surface area contributed by atoms with Crippen molar-refractivity contribution in [3.8, 4) is 5.75 Å². The van der Waals surface area contributed by atoms with Crippen molar-refractivity contribution >= 4 is 10.9 Å². The summed E-state index contributed by atoms with van der Waals surface area (Å²) in [6, 6.07) is 10.0. The molecular formula is C21H21F2N3O2. The first-order chi connectivity index (χ1) is 13.6. The van der Waals surface area contributed by atoms with Gasteiger partial charge in [-0.2, -0.15) is 5.10 Å². The molecule has 0 bridgehead atoms. The van der Waals surface area contributed by atoms with Crippen molar-refractivity contribution in [2.24, 2.45) is 11.3 Å². The second-order valence-electron chi connectivity index (χ2n) is 7.90. The number of rotatable bonds is 5. The van der Waals surface area contributed by atoms with E-state index in [1.165, 1.54) is 11.6 Å². The molecule has 2 fully saturated rings. The fourth-order valence-corrected chi connectivity index (χ4v) is 4.30. The summed E-state index contributed by atoms with van der Waals surface area (Å²) in [6.45, 7) is 4.58. The van der Waals surface area contributed by atoms with Gasteiger partial charge in [0.05, 0.1) is 31.5 Å². The van der Waals surface area contributed by atoms with Gasteiger partial charge in [0, 0.05) is 42.4 Å². The molecule has 28 heavy (non-hydrogen) atoms. The van der Waals surface area contributed by atoms with Gasteiger partial charge in [-0.3, -0.25) is 10.00 Å². The number of hydrogen-bond acceptors (Lipinski definition) is 4. The van der Waals surface area contributed by atoms with E-state index in [-0.39, 0.29) is 11.3 Å². The van der Waals surface area contributed by atoms with Gasteiger partial charge in [0.25, 0.3) is 0 Å². The van der Waals surface area contributed by atoms with E-state index in [0.717, 1.165) is 55.9 Å². The standard InChI is InChI=1S/C21H21F2N3O2/c22-18-3-2-17(6-19(18)23)28-10-16-9-26(11-21(16)12-27-13-21)8-14-1-4-20-15(5-14)7-24-25-20/h1-7,16H,8-13H2,(H,24,25). The van der Waals surface area contributed by atoms with Crippen molar-refractivity contribution in [2.45, 2.75) is 6.54 Å². The van der Waals surface area contributed by atoms with Crippen molar-refractivity contribution in [2.75, 3.05) is 32.9 Å². The van der Waals surface area contributed by atoms with Crippen LogP contribution in [-0.2, 0) is 11.3 Å². The maximum atomic E-state index is 13.4. The normalized spacial score (nSPS) is 21.3. The Labute approximate surface area is 161 Å². The number of ether oxygens (including phenoxy) is 2. The smallest absolute Gasteiger partial charge is 0.162 e. The predicted molar refractivity (Wildman–Crippen MR) is 100.0 cm³/mol. The van der Waals surface area contributed by atoms with Crippen molar-refractivity contribution in [1.29, 1.82) is 0 Å². The van der Waals surface area contributed by atoms with Gasteiger partial charge in [-0.05, 0) is 29.8 Å². The van der Waals surface area contributed by atoms with E-state index in [1.54, 1.807) is 0 Å². The molecule has 2 aliphatic heterocycles. The molecular weight excluding hydrogens is 364 g/mol. The molecule has 5 nitrogen and oxygen atoms in total. The van der Waals surface area contributed by atoms with Crippen LogP contribution in [0.2, 0.25) is 0 Å². The minimum Gasteiger partial charge on any atom is -0.493 e. The average Bonchev–Trinajstić information content (AvgIpc) is 3.26. The third-order valence-corrected chi connectivity index (χ3v) is 5.92. The van der Waals surface area contributed by atoms with Crippen molar-refractivity contribution < 1.29 is 18.3 Å². The molecule has 1 aromatic heterocycles. The lowest BCUT2D eigenvalue weighted by atomic mass is 9.77. The maximum Gasteiger partial charge on any atom is 0.162 e. The highest BCUT2D eigenvalue weighted by Crippen LogP contribution is 2.43. The molecule has 1 N–H and O–H groups in total. The minimum atomic E-state index is -0.887. The molecule has 0 amide bonds. The van der Waals surface area contributed by atoms with Gasteiger partial charge < -0.3 is 9.47 Å². The topological polar surface area (TPSA) is 50.4 Å². The SMILES string of the molecule is Fc1ccc(OCC2CN(Cc3ccc4[nH]ncc4c3)CC23COC3)cc1F. The number of aromatic amines is 1. The van der Waals surface area contributed by atoms with Gasteiger partial charge in [0.1, 0.15) is 5.75 Å². The monoisotopic (exact) mass is 385 g/mol. The molecule has 0 saturated carbocycles. The molecule has 7 heteroatoms. The Hall–Kier alpha value is -2.51. The van der Waals surface area contributed by atoms with Crippen molar-refractivity contribution in [1.82, 2.24) is 15.1 Å². The quantitative estimate of drug-likeness (QED) is 0.732. The van der Waals surface area contributed by atoms with E-state index < -0.39 is 11.6 Å². The molecule has 2 aromatic carbocycles. The Morgan fingerprint density at radius 1 is 1.18 bits per heavy atom. The molecule has 1 unspecified atom stereocenters. The van der Waals surface area contributed by atoms with Crippen LogP contribution < -0.4 is 4.74 Å². The second kappa shape index (κ2) is 6.83. The number of benzene rings is 2. The van der Waals surface area contributed by atoms with Gasteiger partial charge >= 0.3 is 0 Å². The van der Waals surface area contributed by atoms with Crippen LogP contribution in [0.5, 0.6) is 5.75 Å². The maximum absolute atomic E-state index is 13.4. The largest absolute Gasteiger partial charge is 0.493 e. The van der Waals surface area contributed by atoms with E-state index in [4.69, 9.17) is 9.47 Å². The van der Waals surface area contributed by atoms with Crippen LogP contribution in [0.1, 0.15) is 5.56 Å². The number of hydrogen-bond donors (Lipinski definition) is 1. The molecule has 2 aliphatic rings. The third-order valence-electron chi connectivity index (χ3n) is 5.92. The fraction of sp³-hybridized carbons (Fsp3) is 0.381. The Balaban J connectivity index is 1.26. The minimum absolute atomic E-state index is 0.0817. The van der Waals surface area contributed by atoms with Crippen molar-refractivity contribution in [3.63, 3.8) is 0 Å². The number of fused-ring (bicyclic) bond motifs is 1. The van der Waals surface area contributed by atoms with E-state index in [2.05, 4.69) is 33.3 Å². The second-order valence-corrected chi connectivity index (χ2v) is 7.90. The molecule has 5 rings (SSSR count). The highest BCUT2D eigenvalue weighted by atomic mass is 19.2. The zero-order chi connectivity index (χ0) is 19.1. The lowest BCUT2D eigenvalue weighted by Gasteiger charge is -2.42. The van der Waals surface area contributed by atoms with Crippen LogP contribution in [0.15, 0.2) is 42.6 Å². The first-order valence-corrected chi connectivity index (χ1v) is 9.41. The number of likely N-dealkylation sites (tertiary alicyclic amines) is 1.